The van der Waals surface area contributed by atoms with Crippen LogP contribution in [-0.4, -0.2) is 61.8 Å². The standard InChI is InChI=1S/C23H24ClN3O5/c1-23(2,30)14-6-3-13(4-7-14)5-8-17-16(24)10-18-21(25-17)27-22(26-18)32-15-9-19(29)20(11-28)31-12-15/h3-4,6-7,10,15,19-20,28-30H,9,11-12H2,1-2H3,(H,25,26,27)/t15?,19-,20+/m0/s1. The molecule has 0 saturated carbocycles. The number of aromatic amines is 1. The van der Waals surface area contributed by atoms with Gasteiger partial charge in [0.15, 0.2) is 5.65 Å². The quantitative estimate of drug-likeness (QED) is 0.443. The van der Waals surface area contributed by atoms with Crippen LogP contribution in [0.1, 0.15) is 37.1 Å². The summed E-state index contributed by atoms with van der Waals surface area (Å²) < 4.78 is 11.2. The van der Waals surface area contributed by atoms with Crippen molar-refractivity contribution in [3.63, 3.8) is 0 Å². The van der Waals surface area contributed by atoms with Gasteiger partial charge in [-0.25, -0.2) is 4.98 Å². The minimum absolute atomic E-state index is 0.233. The second-order valence-corrected chi connectivity index (χ2v) is 8.62. The summed E-state index contributed by atoms with van der Waals surface area (Å²) in [5.74, 6) is 5.98. The van der Waals surface area contributed by atoms with Crippen LogP contribution in [0.25, 0.3) is 11.2 Å². The third kappa shape index (κ3) is 5.04. The third-order valence-corrected chi connectivity index (χ3v) is 5.50. The van der Waals surface area contributed by atoms with Crippen LogP contribution in [0.3, 0.4) is 0 Å². The van der Waals surface area contributed by atoms with E-state index in [4.69, 9.17) is 26.2 Å². The van der Waals surface area contributed by atoms with Crippen LogP contribution in [0.2, 0.25) is 5.02 Å². The Hall–Kier alpha value is -2.67. The van der Waals surface area contributed by atoms with E-state index >= 15 is 0 Å². The average molecular weight is 458 g/mol. The Balaban J connectivity index is 1.50. The minimum Gasteiger partial charge on any atom is -0.459 e. The summed E-state index contributed by atoms with van der Waals surface area (Å²) in [4.78, 5) is 11.8. The van der Waals surface area contributed by atoms with Crippen molar-refractivity contribution in [1.82, 2.24) is 15.0 Å². The fourth-order valence-corrected chi connectivity index (χ4v) is 3.58. The van der Waals surface area contributed by atoms with Gasteiger partial charge in [0, 0.05) is 12.0 Å². The number of halogens is 1. The Labute approximate surface area is 190 Å². The molecule has 32 heavy (non-hydrogen) atoms. The number of ether oxygens (including phenoxy) is 2. The summed E-state index contributed by atoms with van der Waals surface area (Å²) in [5, 5.41) is 29.6. The highest BCUT2D eigenvalue weighted by Crippen LogP contribution is 2.24. The monoisotopic (exact) mass is 457 g/mol. The van der Waals surface area contributed by atoms with Crippen LogP contribution in [0.4, 0.5) is 0 Å². The first-order valence-corrected chi connectivity index (χ1v) is 10.6. The first kappa shape index (κ1) is 22.5. The molecule has 3 aromatic rings. The van der Waals surface area contributed by atoms with Crippen molar-refractivity contribution in [3.05, 3.63) is 52.2 Å². The molecule has 4 rings (SSSR count). The summed E-state index contributed by atoms with van der Waals surface area (Å²) in [6.45, 7) is 3.44. The molecule has 1 unspecified atom stereocenters. The van der Waals surface area contributed by atoms with E-state index in [2.05, 4.69) is 26.8 Å². The molecule has 1 aliphatic rings. The van der Waals surface area contributed by atoms with Crippen molar-refractivity contribution >= 4 is 22.8 Å². The Morgan fingerprint density at radius 3 is 2.66 bits per heavy atom. The fourth-order valence-electron chi connectivity index (χ4n) is 3.38. The van der Waals surface area contributed by atoms with Crippen LogP contribution >= 0.6 is 11.6 Å². The number of hydrogen-bond acceptors (Lipinski definition) is 7. The molecule has 2 aromatic heterocycles. The highest BCUT2D eigenvalue weighted by molar-refractivity contribution is 6.32. The van der Waals surface area contributed by atoms with Gasteiger partial charge in [-0.3, -0.25) is 0 Å². The van der Waals surface area contributed by atoms with Crippen LogP contribution < -0.4 is 4.74 Å². The summed E-state index contributed by atoms with van der Waals surface area (Å²) in [6, 6.07) is 9.23. The van der Waals surface area contributed by atoms with Crippen molar-refractivity contribution in [1.29, 1.82) is 0 Å². The predicted molar refractivity (Wildman–Crippen MR) is 118 cm³/mol. The number of benzene rings is 1. The number of aliphatic hydroxyl groups excluding tert-OH is 2. The number of nitrogens with zero attached hydrogens (tertiary/aromatic N) is 2. The molecule has 0 bridgehead atoms. The topological polar surface area (TPSA) is 121 Å². The minimum atomic E-state index is -0.913. The number of nitrogens with one attached hydrogen (secondary N) is 1. The van der Waals surface area contributed by atoms with Gasteiger partial charge in [0.1, 0.15) is 17.9 Å². The molecular weight excluding hydrogens is 434 g/mol. The van der Waals surface area contributed by atoms with Gasteiger partial charge in [-0.05, 0) is 43.5 Å². The van der Waals surface area contributed by atoms with E-state index in [-0.39, 0.29) is 19.2 Å². The lowest BCUT2D eigenvalue weighted by Gasteiger charge is -2.31. The molecule has 0 radical (unpaired) electrons. The van der Waals surface area contributed by atoms with E-state index in [9.17, 15) is 10.2 Å². The summed E-state index contributed by atoms with van der Waals surface area (Å²) in [5.41, 5.74) is 2.02. The summed E-state index contributed by atoms with van der Waals surface area (Å²) >= 11 is 6.34. The zero-order valence-corrected chi connectivity index (χ0v) is 18.4. The third-order valence-electron chi connectivity index (χ3n) is 5.21. The molecule has 3 heterocycles. The highest BCUT2D eigenvalue weighted by Gasteiger charge is 2.31. The predicted octanol–water partition coefficient (Wildman–Crippen LogP) is 2.13. The number of fused-ring (bicyclic) bond motifs is 1. The largest absolute Gasteiger partial charge is 0.459 e. The van der Waals surface area contributed by atoms with Crippen molar-refractivity contribution in [3.8, 4) is 17.9 Å². The van der Waals surface area contributed by atoms with Crippen LogP contribution in [0, 0.1) is 11.8 Å². The smallest absolute Gasteiger partial charge is 0.296 e. The molecule has 4 N–H and O–H groups in total. The van der Waals surface area contributed by atoms with Crippen molar-refractivity contribution in [2.75, 3.05) is 13.2 Å². The normalized spacial score (nSPS) is 21.2. The molecule has 1 saturated heterocycles. The maximum absolute atomic E-state index is 10.1. The number of H-pyrrole nitrogens is 1. The fraction of sp³-hybridized carbons (Fsp3) is 0.391. The molecular formula is C23H24ClN3O5. The maximum Gasteiger partial charge on any atom is 0.296 e. The number of imidazole rings is 1. The maximum atomic E-state index is 10.1. The van der Waals surface area contributed by atoms with Gasteiger partial charge in [0.2, 0.25) is 0 Å². The van der Waals surface area contributed by atoms with Crippen molar-refractivity contribution in [2.45, 2.75) is 44.2 Å². The Kier molecular flexibility index (Phi) is 6.38. The van der Waals surface area contributed by atoms with Gasteiger partial charge in [-0.15, -0.1) is 0 Å². The molecule has 1 aliphatic heterocycles. The molecule has 0 spiro atoms. The van der Waals surface area contributed by atoms with E-state index in [1.807, 2.05) is 24.3 Å². The van der Waals surface area contributed by atoms with Crippen LogP contribution in [0.15, 0.2) is 30.3 Å². The van der Waals surface area contributed by atoms with E-state index in [1.165, 1.54) is 0 Å². The zero-order chi connectivity index (χ0) is 22.9. The molecule has 3 atom stereocenters. The Bertz CT molecular complexity index is 1160. The number of pyridine rings is 1. The van der Waals surface area contributed by atoms with Gasteiger partial charge in [0.25, 0.3) is 6.01 Å². The summed E-state index contributed by atoms with van der Waals surface area (Å²) in [6.07, 6.45) is -1.50. The van der Waals surface area contributed by atoms with Crippen LogP contribution in [0.5, 0.6) is 6.01 Å². The van der Waals surface area contributed by atoms with E-state index < -0.39 is 23.9 Å². The van der Waals surface area contributed by atoms with Crippen LogP contribution in [-0.2, 0) is 10.3 Å². The second-order valence-electron chi connectivity index (χ2n) is 8.22. The first-order chi connectivity index (χ1) is 15.2. The number of hydrogen-bond donors (Lipinski definition) is 4. The Morgan fingerprint density at radius 2 is 2.00 bits per heavy atom. The highest BCUT2D eigenvalue weighted by atomic mass is 35.5. The van der Waals surface area contributed by atoms with Gasteiger partial charge in [-0.1, -0.05) is 29.7 Å². The number of aliphatic hydroxyl groups is 3. The second kappa shape index (κ2) is 9.06. The van der Waals surface area contributed by atoms with Gasteiger partial charge in [-0.2, -0.15) is 4.98 Å². The van der Waals surface area contributed by atoms with E-state index in [0.29, 0.717) is 28.3 Å². The summed E-state index contributed by atoms with van der Waals surface area (Å²) in [7, 11) is 0. The molecule has 1 aromatic carbocycles. The first-order valence-electron chi connectivity index (χ1n) is 10.2. The lowest BCUT2D eigenvalue weighted by Crippen LogP contribution is -2.45. The van der Waals surface area contributed by atoms with E-state index in [0.717, 1.165) is 11.1 Å². The molecule has 0 amide bonds. The zero-order valence-electron chi connectivity index (χ0n) is 17.7. The number of aromatic nitrogens is 3. The van der Waals surface area contributed by atoms with Gasteiger partial charge in [0.05, 0.1) is 35.5 Å². The lowest BCUT2D eigenvalue weighted by atomic mass is 9.97. The van der Waals surface area contributed by atoms with E-state index in [1.54, 1.807) is 19.9 Å². The average Bonchev–Trinajstić information content (AvgIpc) is 3.12. The molecule has 8 nitrogen and oxygen atoms in total. The molecule has 0 aliphatic carbocycles. The van der Waals surface area contributed by atoms with Gasteiger partial charge >= 0.3 is 0 Å². The Morgan fingerprint density at radius 1 is 1.25 bits per heavy atom. The molecule has 9 heteroatoms. The molecule has 1 fully saturated rings. The molecule has 168 valence electrons. The SMILES string of the molecule is CC(C)(O)c1ccc(C#Cc2nc3nc(OC4CO[C@H](CO)[C@@H](O)C4)[nH]c3cc2Cl)cc1. The van der Waals surface area contributed by atoms with Crippen molar-refractivity contribution in [2.24, 2.45) is 0 Å². The lowest BCUT2D eigenvalue weighted by molar-refractivity contribution is -0.131. The number of rotatable bonds is 4. The van der Waals surface area contributed by atoms with Gasteiger partial charge < -0.3 is 29.8 Å². The van der Waals surface area contributed by atoms with Crippen molar-refractivity contribution < 1.29 is 24.8 Å².